The van der Waals surface area contributed by atoms with Crippen molar-refractivity contribution in [1.29, 1.82) is 0 Å². The van der Waals surface area contributed by atoms with E-state index in [-0.39, 0.29) is 16.8 Å². The minimum atomic E-state index is -0.844. The molecule has 9 nitrogen and oxygen atoms in total. The first-order valence-corrected chi connectivity index (χ1v) is 9.56. The molecule has 31 heavy (non-hydrogen) atoms. The molecule has 0 aliphatic rings. The number of esters is 1. The second-order valence-corrected chi connectivity index (χ2v) is 6.63. The molecule has 0 aliphatic carbocycles. The minimum Gasteiger partial charge on any atom is -0.493 e. The quantitative estimate of drug-likeness (QED) is 0.580. The molecule has 1 amide bonds. The molecule has 2 aromatic carbocycles. The Bertz CT molecular complexity index is 1190. The van der Waals surface area contributed by atoms with E-state index in [1.165, 1.54) is 44.4 Å². The Kier molecular flexibility index (Phi) is 6.54. The molecule has 1 aromatic heterocycles. The van der Waals surface area contributed by atoms with Crippen molar-refractivity contribution in [3.05, 3.63) is 58.6 Å². The third-order valence-corrected chi connectivity index (χ3v) is 4.90. The number of nitrogens with one attached hydrogen (secondary N) is 1. The number of rotatable bonds is 7. The molecule has 1 heterocycles. The summed E-state index contributed by atoms with van der Waals surface area (Å²) in [7, 11) is 4.11. The molecule has 9 heteroatoms. The van der Waals surface area contributed by atoms with Gasteiger partial charge in [0.1, 0.15) is 6.04 Å². The smallest absolute Gasteiger partial charge is 0.340 e. The van der Waals surface area contributed by atoms with Crippen LogP contribution in [-0.4, -0.2) is 42.8 Å². The number of hydrogen-bond donors (Lipinski definition) is 1. The van der Waals surface area contributed by atoms with E-state index in [0.717, 1.165) is 0 Å². The maximum Gasteiger partial charge on any atom is 0.340 e. The lowest BCUT2D eigenvalue weighted by atomic mass is 10.1. The van der Waals surface area contributed by atoms with Crippen molar-refractivity contribution in [3.63, 3.8) is 0 Å². The number of fused-ring (bicyclic) bond motifs is 1. The highest BCUT2D eigenvalue weighted by atomic mass is 16.5. The van der Waals surface area contributed by atoms with Gasteiger partial charge in [0, 0.05) is 12.1 Å². The van der Waals surface area contributed by atoms with Crippen LogP contribution in [0.5, 0.6) is 11.5 Å². The molecule has 1 N–H and O–H groups in total. The fraction of sp³-hybridized carbons (Fsp3) is 0.273. The molecular formula is C22H23N3O6. The monoisotopic (exact) mass is 425 g/mol. The maximum absolute atomic E-state index is 13.1. The lowest BCUT2D eigenvalue weighted by Crippen LogP contribution is -2.33. The van der Waals surface area contributed by atoms with Crippen LogP contribution in [0.4, 0.5) is 5.69 Å². The summed E-state index contributed by atoms with van der Waals surface area (Å²) in [6, 6.07) is 8.96. The molecule has 0 fully saturated rings. The van der Waals surface area contributed by atoms with E-state index in [9.17, 15) is 14.4 Å². The average Bonchev–Trinajstić information content (AvgIpc) is 2.80. The Labute approximate surface area is 178 Å². The molecule has 1 unspecified atom stereocenters. The van der Waals surface area contributed by atoms with E-state index in [0.29, 0.717) is 28.8 Å². The summed E-state index contributed by atoms with van der Waals surface area (Å²) in [5.74, 6) is -0.515. The third-order valence-electron chi connectivity index (χ3n) is 4.90. The van der Waals surface area contributed by atoms with Crippen molar-refractivity contribution in [2.45, 2.75) is 19.4 Å². The second-order valence-electron chi connectivity index (χ2n) is 6.63. The standard InChI is InChI=1S/C22H23N3O6/c1-5-17(25-12-23-15-9-7-6-8-13(15)21(25)27)20(26)24-16-11-19(30-3)18(29-2)10-14(16)22(28)31-4/h6-12,17H,5H2,1-4H3,(H,24,26). The number of amides is 1. The highest BCUT2D eigenvalue weighted by Crippen LogP contribution is 2.34. The van der Waals surface area contributed by atoms with Gasteiger partial charge in [-0.3, -0.25) is 14.2 Å². The van der Waals surface area contributed by atoms with Crippen LogP contribution in [-0.2, 0) is 9.53 Å². The molecule has 0 radical (unpaired) electrons. The van der Waals surface area contributed by atoms with Gasteiger partial charge in [0.2, 0.25) is 5.91 Å². The number of carbonyl (C=O) groups excluding carboxylic acids is 2. The molecule has 0 saturated carbocycles. The van der Waals surface area contributed by atoms with Gasteiger partial charge in [-0.1, -0.05) is 19.1 Å². The number of hydrogen-bond acceptors (Lipinski definition) is 7. The average molecular weight is 425 g/mol. The normalized spacial score (nSPS) is 11.6. The number of benzene rings is 2. The summed E-state index contributed by atoms with van der Waals surface area (Å²) < 4.78 is 16.6. The molecule has 0 spiro atoms. The van der Waals surface area contributed by atoms with E-state index in [2.05, 4.69) is 10.3 Å². The van der Waals surface area contributed by atoms with Crippen molar-refractivity contribution < 1.29 is 23.8 Å². The van der Waals surface area contributed by atoms with Crippen LogP contribution in [0.2, 0.25) is 0 Å². The van der Waals surface area contributed by atoms with Gasteiger partial charge < -0.3 is 19.5 Å². The van der Waals surface area contributed by atoms with Crippen LogP contribution in [0.1, 0.15) is 29.7 Å². The minimum absolute atomic E-state index is 0.0901. The van der Waals surface area contributed by atoms with Crippen molar-refractivity contribution in [2.24, 2.45) is 0 Å². The lowest BCUT2D eigenvalue weighted by molar-refractivity contribution is -0.119. The van der Waals surface area contributed by atoms with Gasteiger partial charge in [0.05, 0.1) is 49.8 Å². The molecule has 162 valence electrons. The number of para-hydroxylation sites is 1. The highest BCUT2D eigenvalue weighted by molar-refractivity contribution is 6.03. The van der Waals surface area contributed by atoms with Crippen molar-refractivity contribution in [1.82, 2.24) is 9.55 Å². The number of aromatic nitrogens is 2. The van der Waals surface area contributed by atoms with Gasteiger partial charge in [-0.05, 0) is 18.6 Å². The van der Waals surface area contributed by atoms with Gasteiger partial charge in [-0.2, -0.15) is 0 Å². The summed E-state index contributed by atoms with van der Waals surface area (Å²) in [6.45, 7) is 1.78. The summed E-state index contributed by atoms with van der Waals surface area (Å²) in [6.07, 6.45) is 1.68. The molecule has 3 rings (SSSR count). The van der Waals surface area contributed by atoms with E-state index < -0.39 is 17.9 Å². The Morgan fingerprint density at radius 2 is 1.77 bits per heavy atom. The van der Waals surface area contributed by atoms with Gasteiger partial charge >= 0.3 is 5.97 Å². The van der Waals surface area contributed by atoms with Gasteiger partial charge in [-0.15, -0.1) is 0 Å². The van der Waals surface area contributed by atoms with Crippen LogP contribution in [0.25, 0.3) is 10.9 Å². The zero-order valence-electron chi connectivity index (χ0n) is 17.7. The first-order chi connectivity index (χ1) is 14.9. The molecule has 1 atom stereocenters. The predicted octanol–water partition coefficient (Wildman–Crippen LogP) is 2.79. The number of anilines is 1. The topological polar surface area (TPSA) is 109 Å². The molecule has 0 bridgehead atoms. The Morgan fingerprint density at radius 1 is 1.10 bits per heavy atom. The second kappa shape index (κ2) is 9.29. The third kappa shape index (κ3) is 4.20. The Morgan fingerprint density at radius 3 is 2.42 bits per heavy atom. The summed E-state index contributed by atoms with van der Waals surface area (Å²) in [5.41, 5.74) is 0.488. The fourth-order valence-electron chi connectivity index (χ4n) is 3.29. The first kappa shape index (κ1) is 21.8. The first-order valence-electron chi connectivity index (χ1n) is 9.56. The lowest BCUT2D eigenvalue weighted by Gasteiger charge is -2.20. The molecule has 0 saturated heterocycles. The van der Waals surface area contributed by atoms with E-state index in [1.807, 2.05) is 0 Å². The summed E-state index contributed by atoms with van der Waals surface area (Å²) in [4.78, 5) is 42.6. The predicted molar refractivity (Wildman–Crippen MR) is 115 cm³/mol. The maximum atomic E-state index is 13.1. The number of nitrogens with zero attached hydrogens (tertiary/aromatic N) is 2. The number of ether oxygens (including phenoxy) is 3. The molecular weight excluding hydrogens is 402 g/mol. The van der Waals surface area contributed by atoms with E-state index >= 15 is 0 Å². The van der Waals surface area contributed by atoms with Crippen molar-refractivity contribution in [3.8, 4) is 11.5 Å². The van der Waals surface area contributed by atoms with Crippen LogP contribution in [0.3, 0.4) is 0 Å². The molecule has 0 aliphatic heterocycles. The van der Waals surface area contributed by atoms with E-state index in [4.69, 9.17) is 14.2 Å². The fourth-order valence-corrected chi connectivity index (χ4v) is 3.29. The van der Waals surface area contributed by atoms with Crippen LogP contribution >= 0.6 is 0 Å². The molecule has 3 aromatic rings. The zero-order valence-corrected chi connectivity index (χ0v) is 17.7. The van der Waals surface area contributed by atoms with Crippen molar-refractivity contribution in [2.75, 3.05) is 26.6 Å². The van der Waals surface area contributed by atoms with Crippen LogP contribution in [0, 0.1) is 0 Å². The number of methoxy groups -OCH3 is 3. The van der Waals surface area contributed by atoms with Gasteiger partial charge in [-0.25, -0.2) is 9.78 Å². The summed E-state index contributed by atoms with van der Waals surface area (Å²) >= 11 is 0. The Hall–Kier alpha value is -3.88. The SMILES string of the molecule is CCC(C(=O)Nc1cc(OC)c(OC)cc1C(=O)OC)n1cnc2ccccc2c1=O. The Balaban J connectivity index is 2.02. The highest BCUT2D eigenvalue weighted by Gasteiger charge is 2.24. The van der Waals surface area contributed by atoms with Crippen molar-refractivity contribution >= 4 is 28.5 Å². The number of carbonyl (C=O) groups is 2. The summed E-state index contributed by atoms with van der Waals surface area (Å²) in [5, 5.41) is 3.13. The van der Waals surface area contributed by atoms with E-state index in [1.54, 1.807) is 31.2 Å². The van der Waals surface area contributed by atoms with Gasteiger partial charge in [0.25, 0.3) is 5.56 Å². The van der Waals surface area contributed by atoms with Crippen LogP contribution < -0.4 is 20.3 Å². The van der Waals surface area contributed by atoms with Crippen LogP contribution in [0.15, 0.2) is 47.5 Å². The largest absolute Gasteiger partial charge is 0.493 e. The zero-order chi connectivity index (χ0) is 22.5. The van der Waals surface area contributed by atoms with Gasteiger partial charge in [0.15, 0.2) is 11.5 Å².